The average molecular weight is 250 g/mol. The Labute approximate surface area is 106 Å². The molecule has 0 aromatic heterocycles. The van der Waals surface area contributed by atoms with Crippen molar-refractivity contribution in [3.05, 3.63) is 29.3 Å². The first kappa shape index (κ1) is 12.3. The maximum atomic E-state index is 12.3. The van der Waals surface area contributed by atoms with Gasteiger partial charge < -0.3 is 10.6 Å². The third kappa shape index (κ3) is 2.57. The zero-order valence-corrected chi connectivity index (χ0v) is 11.1. The second kappa shape index (κ2) is 5.00. The van der Waals surface area contributed by atoms with Crippen LogP contribution in [0.25, 0.3) is 0 Å². The molecule has 0 aliphatic carbocycles. The molecule has 1 heterocycles. The zero-order valence-electron chi connectivity index (χ0n) is 10.3. The molecule has 1 aliphatic heterocycles. The van der Waals surface area contributed by atoms with Crippen molar-refractivity contribution in [3.63, 3.8) is 0 Å². The summed E-state index contributed by atoms with van der Waals surface area (Å²) in [6.45, 7) is 4.88. The summed E-state index contributed by atoms with van der Waals surface area (Å²) in [7, 11) is 0. The van der Waals surface area contributed by atoms with Crippen LogP contribution in [0.2, 0.25) is 0 Å². The number of carbonyl (C=O) groups is 1. The number of amides is 1. The predicted octanol–water partition coefficient (Wildman–Crippen LogP) is 2.15. The Balaban J connectivity index is 2.21. The lowest BCUT2D eigenvalue weighted by Gasteiger charge is -2.33. The Morgan fingerprint density at radius 1 is 1.53 bits per heavy atom. The van der Waals surface area contributed by atoms with Gasteiger partial charge in [0.25, 0.3) is 5.91 Å². The fourth-order valence-electron chi connectivity index (χ4n) is 1.97. The molecule has 1 aromatic rings. The lowest BCUT2D eigenvalue weighted by atomic mass is 10.1. The Kier molecular flexibility index (Phi) is 3.62. The average Bonchev–Trinajstić information content (AvgIpc) is 2.32. The van der Waals surface area contributed by atoms with Crippen molar-refractivity contribution in [1.29, 1.82) is 0 Å². The summed E-state index contributed by atoms with van der Waals surface area (Å²) in [5.41, 5.74) is 8.26. The van der Waals surface area contributed by atoms with E-state index in [-0.39, 0.29) is 5.91 Å². The van der Waals surface area contributed by atoms with Gasteiger partial charge in [-0.05, 0) is 31.5 Å². The van der Waals surface area contributed by atoms with E-state index in [0.717, 1.165) is 23.6 Å². The first-order valence-electron chi connectivity index (χ1n) is 5.84. The molecule has 4 heteroatoms. The van der Waals surface area contributed by atoms with E-state index >= 15 is 0 Å². The Morgan fingerprint density at radius 2 is 2.29 bits per heavy atom. The lowest BCUT2D eigenvalue weighted by molar-refractivity contribution is 0.0716. The number of hydrogen-bond donors (Lipinski definition) is 1. The minimum Gasteiger partial charge on any atom is -0.398 e. The summed E-state index contributed by atoms with van der Waals surface area (Å²) in [6.07, 6.45) is 0. The van der Waals surface area contributed by atoms with Crippen LogP contribution in [0.1, 0.15) is 22.8 Å². The van der Waals surface area contributed by atoms with E-state index in [1.165, 1.54) is 0 Å². The third-order valence-electron chi connectivity index (χ3n) is 3.15. The van der Waals surface area contributed by atoms with Gasteiger partial charge in [0.15, 0.2) is 0 Å². The molecule has 17 heavy (non-hydrogen) atoms. The van der Waals surface area contributed by atoms with Crippen molar-refractivity contribution in [3.8, 4) is 0 Å². The summed E-state index contributed by atoms with van der Waals surface area (Å²) in [6, 6.07) is 5.87. The molecule has 2 rings (SSSR count). The Morgan fingerprint density at radius 3 is 2.94 bits per heavy atom. The van der Waals surface area contributed by atoms with E-state index in [9.17, 15) is 4.79 Å². The summed E-state index contributed by atoms with van der Waals surface area (Å²) in [4.78, 5) is 14.3. The Hall–Kier alpha value is -1.16. The largest absolute Gasteiger partial charge is 0.398 e. The highest BCUT2D eigenvalue weighted by Gasteiger charge is 2.24. The summed E-state index contributed by atoms with van der Waals surface area (Å²) in [5, 5.41) is 0. The first-order chi connectivity index (χ1) is 8.09. The van der Waals surface area contributed by atoms with E-state index in [0.29, 0.717) is 17.3 Å². The first-order valence-corrected chi connectivity index (χ1v) is 7.00. The van der Waals surface area contributed by atoms with Gasteiger partial charge in [-0.1, -0.05) is 6.07 Å². The van der Waals surface area contributed by atoms with Crippen molar-refractivity contribution in [2.75, 3.05) is 23.8 Å². The molecule has 1 fully saturated rings. The van der Waals surface area contributed by atoms with Crippen molar-refractivity contribution in [1.82, 2.24) is 4.90 Å². The van der Waals surface area contributed by atoms with Crippen LogP contribution >= 0.6 is 11.8 Å². The molecular weight excluding hydrogens is 232 g/mol. The SMILES string of the molecule is Cc1ccc(C(=O)N2CCSCC2C)cc1N. The molecule has 0 spiro atoms. The summed E-state index contributed by atoms with van der Waals surface area (Å²) >= 11 is 1.91. The van der Waals surface area contributed by atoms with Gasteiger partial charge in [-0.3, -0.25) is 4.79 Å². The smallest absolute Gasteiger partial charge is 0.254 e. The molecule has 1 saturated heterocycles. The molecule has 0 bridgehead atoms. The minimum absolute atomic E-state index is 0.101. The van der Waals surface area contributed by atoms with Gasteiger partial charge in [0.05, 0.1) is 0 Å². The lowest BCUT2D eigenvalue weighted by Crippen LogP contribution is -2.44. The number of nitrogen functional groups attached to an aromatic ring is 1. The molecule has 92 valence electrons. The Bertz CT molecular complexity index is 433. The number of nitrogens with two attached hydrogens (primary N) is 1. The molecule has 0 saturated carbocycles. The number of hydrogen-bond acceptors (Lipinski definition) is 3. The number of thioether (sulfide) groups is 1. The van der Waals surface area contributed by atoms with Crippen LogP contribution < -0.4 is 5.73 Å². The summed E-state index contributed by atoms with van der Waals surface area (Å²) in [5.74, 6) is 2.15. The highest BCUT2D eigenvalue weighted by atomic mass is 32.2. The van der Waals surface area contributed by atoms with Gasteiger partial charge in [0.2, 0.25) is 0 Å². The van der Waals surface area contributed by atoms with Gasteiger partial charge in [0, 0.05) is 35.3 Å². The molecule has 1 amide bonds. The number of anilines is 1. The molecule has 2 N–H and O–H groups in total. The van der Waals surface area contributed by atoms with E-state index in [2.05, 4.69) is 6.92 Å². The quantitative estimate of drug-likeness (QED) is 0.777. The number of benzene rings is 1. The van der Waals surface area contributed by atoms with Crippen LogP contribution in [0.4, 0.5) is 5.69 Å². The van der Waals surface area contributed by atoms with E-state index in [1.54, 1.807) is 6.07 Å². The highest BCUT2D eigenvalue weighted by molar-refractivity contribution is 7.99. The molecule has 1 aliphatic rings. The highest BCUT2D eigenvalue weighted by Crippen LogP contribution is 2.20. The van der Waals surface area contributed by atoms with Gasteiger partial charge in [-0.2, -0.15) is 11.8 Å². The van der Waals surface area contributed by atoms with Crippen molar-refractivity contribution >= 4 is 23.4 Å². The van der Waals surface area contributed by atoms with Crippen LogP contribution in [0.3, 0.4) is 0 Å². The monoisotopic (exact) mass is 250 g/mol. The molecule has 0 radical (unpaired) electrons. The van der Waals surface area contributed by atoms with Crippen molar-refractivity contribution < 1.29 is 4.79 Å². The predicted molar refractivity (Wildman–Crippen MR) is 73.4 cm³/mol. The van der Waals surface area contributed by atoms with E-state index in [4.69, 9.17) is 5.73 Å². The molecule has 3 nitrogen and oxygen atoms in total. The maximum absolute atomic E-state index is 12.3. The van der Waals surface area contributed by atoms with Gasteiger partial charge in [-0.25, -0.2) is 0 Å². The topological polar surface area (TPSA) is 46.3 Å². The van der Waals surface area contributed by atoms with Crippen LogP contribution in [-0.4, -0.2) is 34.9 Å². The minimum atomic E-state index is 0.101. The second-order valence-electron chi connectivity index (χ2n) is 4.49. The number of aryl methyl sites for hydroxylation is 1. The van der Waals surface area contributed by atoms with Gasteiger partial charge >= 0.3 is 0 Å². The van der Waals surface area contributed by atoms with Gasteiger partial charge in [-0.15, -0.1) is 0 Å². The van der Waals surface area contributed by atoms with Crippen LogP contribution in [0, 0.1) is 6.92 Å². The molecule has 1 unspecified atom stereocenters. The van der Waals surface area contributed by atoms with E-state index in [1.807, 2.05) is 35.7 Å². The number of nitrogens with zero attached hydrogens (tertiary/aromatic N) is 1. The van der Waals surface area contributed by atoms with Crippen molar-refractivity contribution in [2.24, 2.45) is 0 Å². The fourth-order valence-corrected chi connectivity index (χ4v) is 2.98. The second-order valence-corrected chi connectivity index (χ2v) is 5.64. The third-order valence-corrected chi connectivity index (χ3v) is 4.34. The molecule has 1 atom stereocenters. The summed E-state index contributed by atoms with van der Waals surface area (Å²) < 4.78 is 0. The van der Waals surface area contributed by atoms with Gasteiger partial charge in [0.1, 0.15) is 0 Å². The number of carbonyl (C=O) groups excluding carboxylic acids is 1. The van der Waals surface area contributed by atoms with E-state index < -0.39 is 0 Å². The van der Waals surface area contributed by atoms with Crippen LogP contribution in [0.5, 0.6) is 0 Å². The maximum Gasteiger partial charge on any atom is 0.254 e. The molecule has 1 aromatic carbocycles. The van der Waals surface area contributed by atoms with Crippen molar-refractivity contribution in [2.45, 2.75) is 19.9 Å². The standard InChI is InChI=1S/C13H18N2OS/c1-9-3-4-11(7-12(9)14)13(16)15-5-6-17-8-10(15)2/h3-4,7,10H,5-6,8,14H2,1-2H3. The fraction of sp³-hybridized carbons (Fsp3) is 0.462. The molecular formula is C13H18N2OS. The number of rotatable bonds is 1. The van der Waals surface area contributed by atoms with Crippen LogP contribution in [-0.2, 0) is 0 Å². The van der Waals surface area contributed by atoms with Crippen LogP contribution in [0.15, 0.2) is 18.2 Å². The zero-order chi connectivity index (χ0) is 12.4. The normalized spacial score (nSPS) is 20.4.